The number of carboxylic acids is 1. The van der Waals surface area contributed by atoms with E-state index in [1.165, 1.54) is 0 Å². The van der Waals surface area contributed by atoms with Crippen LogP contribution in [0.5, 0.6) is 0 Å². The monoisotopic (exact) mass is 288 g/mol. The summed E-state index contributed by atoms with van der Waals surface area (Å²) in [6, 6.07) is 3.67. The summed E-state index contributed by atoms with van der Waals surface area (Å²) in [6.07, 6.45) is 5.80. The Kier molecular flexibility index (Phi) is 4.73. The largest absolute Gasteiger partial charge is 0.481 e. The molecule has 0 aromatic carbocycles. The first-order chi connectivity index (χ1) is 9.99. The van der Waals surface area contributed by atoms with Gasteiger partial charge < -0.3 is 10.4 Å². The molecule has 2 rings (SSSR count). The number of hydrogen-bond donors (Lipinski definition) is 2. The van der Waals surface area contributed by atoms with E-state index in [1.807, 2.05) is 26.0 Å². The van der Waals surface area contributed by atoms with Crippen molar-refractivity contribution in [1.82, 2.24) is 10.3 Å². The minimum atomic E-state index is -0.909. The van der Waals surface area contributed by atoms with Gasteiger partial charge in [-0.2, -0.15) is 0 Å². The van der Waals surface area contributed by atoms with Crippen LogP contribution >= 0.6 is 0 Å². The molecule has 1 aliphatic rings. The summed E-state index contributed by atoms with van der Waals surface area (Å²) < 4.78 is 0. The number of aliphatic carboxylic acids is 1. The highest BCUT2D eigenvalue weighted by Crippen LogP contribution is 2.34. The van der Waals surface area contributed by atoms with Crippen LogP contribution < -0.4 is 5.32 Å². The molecule has 112 valence electrons. The molecule has 0 saturated heterocycles. The fraction of sp³-hybridized carbons (Fsp3) is 0.438. The van der Waals surface area contributed by atoms with Crippen LogP contribution in [0, 0.1) is 17.8 Å². The zero-order valence-corrected chi connectivity index (χ0v) is 12.2. The molecule has 21 heavy (non-hydrogen) atoms. The molecule has 0 saturated carbocycles. The van der Waals surface area contributed by atoms with Crippen molar-refractivity contribution in [3.8, 4) is 0 Å². The summed E-state index contributed by atoms with van der Waals surface area (Å²) in [6.45, 7) is 4.16. The van der Waals surface area contributed by atoms with Gasteiger partial charge in [0.25, 0.3) is 0 Å². The molecule has 1 heterocycles. The number of carboxylic acid groups (broad SMARTS) is 1. The molecule has 5 nitrogen and oxygen atoms in total. The molecular formula is C16H20N2O3. The molecule has 0 radical (unpaired) electrons. The van der Waals surface area contributed by atoms with Crippen LogP contribution in [0.4, 0.5) is 0 Å². The number of nitrogens with zero attached hydrogens (tertiary/aromatic N) is 1. The minimum Gasteiger partial charge on any atom is -0.481 e. The molecule has 1 aromatic heterocycles. The summed E-state index contributed by atoms with van der Waals surface area (Å²) in [4.78, 5) is 27.8. The van der Waals surface area contributed by atoms with Crippen LogP contribution in [0.1, 0.15) is 25.8 Å². The van der Waals surface area contributed by atoms with Crippen molar-refractivity contribution in [2.24, 2.45) is 17.8 Å². The third-order valence-electron chi connectivity index (χ3n) is 3.90. The van der Waals surface area contributed by atoms with Gasteiger partial charge >= 0.3 is 5.97 Å². The predicted octanol–water partition coefficient (Wildman–Crippen LogP) is 2.00. The van der Waals surface area contributed by atoms with E-state index in [0.717, 1.165) is 11.1 Å². The second-order valence-corrected chi connectivity index (χ2v) is 5.63. The summed E-state index contributed by atoms with van der Waals surface area (Å²) in [5, 5.41) is 12.2. The fourth-order valence-corrected chi connectivity index (χ4v) is 2.94. The summed E-state index contributed by atoms with van der Waals surface area (Å²) in [5.74, 6) is -2.43. The van der Waals surface area contributed by atoms with Crippen molar-refractivity contribution < 1.29 is 14.7 Å². The van der Waals surface area contributed by atoms with E-state index in [-0.39, 0.29) is 11.8 Å². The van der Waals surface area contributed by atoms with Gasteiger partial charge in [-0.1, -0.05) is 24.6 Å². The number of carbonyl (C=O) groups is 2. The van der Waals surface area contributed by atoms with Crippen LogP contribution in [-0.2, 0) is 16.1 Å². The van der Waals surface area contributed by atoms with Gasteiger partial charge in [-0.25, -0.2) is 0 Å². The molecule has 0 aliphatic heterocycles. The maximum atomic E-state index is 12.4. The second-order valence-electron chi connectivity index (χ2n) is 5.63. The van der Waals surface area contributed by atoms with Crippen LogP contribution in [0.2, 0.25) is 0 Å². The molecule has 0 unspecified atom stereocenters. The van der Waals surface area contributed by atoms with E-state index < -0.39 is 17.8 Å². The van der Waals surface area contributed by atoms with Gasteiger partial charge in [0, 0.05) is 18.9 Å². The lowest BCUT2D eigenvalue weighted by Crippen LogP contribution is -2.42. The SMILES string of the molecule is CC1=C[C@@H](C)[C@@H](C(=O)O)[C@@H](C(=O)NCc2cccnc2)C1. The number of aromatic nitrogens is 1. The number of carbonyl (C=O) groups excluding carboxylic acids is 1. The Bertz CT molecular complexity index is 554. The molecule has 0 fully saturated rings. The maximum absolute atomic E-state index is 12.4. The lowest BCUT2D eigenvalue weighted by Gasteiger charge is -2.31. The first kappa shape index (κ1) is 15.2. The van der Waals surface area contributed by atoms with Gasteiger partial charge in [0.05, 0.1) is 11.8 Å². The zero-order valence-electron chi connectivity index (χ0n) is 12.2. The summed E-state index contributed by atoms with van der Waals surface area (Å²) in [7, 11) is 0. The number of rotatable bonds is 4. The molecule has 5 heteroatoms. The van der Waals surface area contributed by atoms with E-state index in [0.29, 0.717) is 13.0 Å². The maximum Gasteiger partial charge on any atom is 0.307 e. The Hall–Kier alpha value is -2.17. The lowest BCUT2D eigenvalue weighted by atomic mass is 9.73. The zero-order chi connectivity index (χ0) is 15.4. The van der Waals surface area contributed by atoms with Crippen molar-refractivity contribution in [2.75, 3.05) is 0 Å². The Labute approximate surface area is 124 Å². The third kappa shape index (κ3) is 3.68. The predicted molar refractivity (Wildman–Crippen MR) is 78.2 cm³/mol. The first-order valence-corrected chi connectivity index (χ1v) is 7.05. The molecule has 0 spiro atoms. The van der Waals surface area contributed by atoms with E-state index in [9.17, 15) is 14.7 Å². The normalized spacial score (nSPS) is 25.0. The number of nitrogens with one attached hydrogen (secondary N) is 1. The Morgan fingerprint density at radius 1 is 1.48 bits per heavy atom. The molecule has 3 atom stereocenters. The van der Waals surface area contributed by atoms with Crippen molar-refractivity contribution in [1.29, 1.82) is 0 Å². The van der Waals surface area contributed by atoms with E-state index >= 15 is 0 Å². The highest BCUT2D eigenvalue weighted by molar-refractivity contribution is 5.85. The van der Waals surface area contributed by atoms with Gasteiger partial charge in [0.15, 0.2) is 0 Å². The average molecular weight is 288 g/mol. The van der Waals surface area contributed by atoms with Crippen molar-refractivity contribution in [2.45, 2.75) is 26.8 Å². The summed E-state index contributed by atoms with van der Waals surface area (Å²) >= 11 is 0. The minimum absolute atomic E-state index is 0.134. The van der Waals surface area contributed by atoms with Gasteiger partial charge in [-0.3, -0.25) is 14.6 Å². The van der Waals surface area contributed by atoms with Crippen molar-refractivity contribution in [3.63, 3.8) is 0 Å². The molecule has 1 aromatic rings. The molecular weight excluding hydrogens is 268 g/mol. The van der Waals surface area contributed by atoms with E-state index in [2.05, 4.69) is 10.3 Å². The molecule has 2 N–H and O–H groups in total. The second kappa shape index (κ2) is 6.52. The Morgan fingerprint density at radius 2 is 2.24 bits per heavy atom. The van der Waals surface area contributed by atoms with Crippen LogP contribution in [-0.4, -0.2) is 22.0 Å². The van der Waals surface area contributed by atoms with Crippen molar-refractivity contribution >= 4 is 11.9 Å². The number of pyridine rings is 1. The van der Waals surface area contributed by atoms with Crippen LogP contribution in [0.3, 0.4) is 0 Å². The third-order valence-corrected chi connectivity index (χ3v) is 3.90. The summed E-state index contributed by atoms with van der Waals surface area (Å²) in [5.41, 5.74) is 1.97. The Morgan fingerprint density at radius 3 is 2.86 bits per heavy atom. The standard InChI is InChI=1S/C16H20N2O3/c1-10-6-11(2)14(16(20)21)13(7-10)15(19)18-9-12-4-3-5-17-8-12/h3-6,8,11,13-14H,7,9H2,1-2H3,(H,18,19)(H,20,21)/t11-,13+,14-/m1/s1. The Balaban J connectivity index is 2.06. The lowest BCUT2D eigenvalue weighted by molar-refractivity contribution is -0.149. The average Bonchev–Trinajstić information content (AvgIpc) is 2.44. The van der Waals surface area contributed by atoms with Gasteiger partial charge in [0.1, 0.15) is 0 Å². The first-order valence-electron chi connectivity index (χ1n) is 7.05. The van der Waals surface area contributed by atoms with Gasteiger partial charge in [-0.05, 0) is 30.9 Å². The highest BCUT2D eigenvalue weighted by atomic mass is 16.4. The molecule has 1 amide bonds. The van der Waals surface area contributed by atoms with Gasteiger partial charge in [0.2, 0.25) is 5.91 Å². The quantitative estimate of drug-likeness (QED) is 0.831. The highest BCUT2D eigenvalue weighted by Gasteiger charge is 2.39. The van der Waals surface area contributed by atoms with Crippen LogP contribution in [0.15, 0.2) is 36.2 Å². The van der Waals surface area contributed by atoms with Gasteiger partial charge in [-0.15, -0.1) is 0 Å². The molecule has 0 bridgehead atoms. The number of amides is 1. The van der Waals surface area contributed by atoms with Crippen molar-refractivity contribution in [3.05, 3.63) is 41.7 Å². The van der Waals surface area contributed by atoms with Crippen LogP contribution in [0.25, 0.3) is 0 Å². The smallest absolute Gasteiger partial charge is 0.307 e. The number of hydrogen-bond acceptors (Lipinski definition) is 3. The topological polar surface area (TPSA) is 79.3 Å². The molecule has 1 aliphatic carbocycles. The fourth-order valence-electron chi connectivity index (χ4n) is 2.94. The number of allylic oxidation sites excluding steroid dienone is 2. The van der Waals surface area contributed by atoms with E-state index in [1.54, 1.807) is 18.5 Å². The van der Waals surface area contributed by atoms with E-state index in [4.69, 9.17) is 0 Å².